The van der Waals surface area contributed by atoms with Crippen LogP contribution in [0.15, 0.2) is 54.6 Å². The first-order valence-corrected chi connectivity index (χ1v) is 10.0. The number of hydrogen-bond acceptors (Lipinski definition) is 3. The minimum atomic E-state index is -0.735. The molecule has 3 rings (SSSR count). The molecule has 5 heteroatoms. The van der Waals surface area contributed by atoms with Crippen LogP contribution >= 0.6 is 0 Å². The Morgan fingerprint density at radius 1 is 1.10 bits per heavy atom. The minimum absolute atomic E-state index is 0.0487. The molecule has 0 fully saturated rings. The lowest BCUT2D eigenvalue weighted by Crippen LogP contribution is -2.43. The predicted molar refractivity (Wildman–Crippen MR) is 115 cm³/mol. The van der Waals surface area contributed by atoms with Gasteiger partial charge in [-0.2, -0.15) is 0 Å². The first-order valence-electron chi connectivity index (χ1n) is 10.0. The molecule has 0 aliphatic carbocycles. The first-order chi connectivity index (χ1) is 13.8. The highest BCUT2D eigenvalue weighted by Gasteiger charge is 2.49. The van der Waals surface area contributed by atoms with Crippen molar-refractivity contribution in [3.8, 4) is 0 Å². The molecule has 154 valence electrons. The topological polar surface area (TPSA) is 58.6 Å². The molecule has 0 unspecified atom stereocenters. The smallest absolute Gasteiger partial charge is 0.237 e. The molecule has 1 atom stereocenters. The third-order valence-electron chi connectivity index (χ3n) is 5.89. The Labute approximate surface area is 173 Å². The number of hydrogen-bond donors (Lipinski definition) is 1. The Morgan fingerprint density at radius 3 is 2.45 bits per heavy atom. The minimum Gasteiger partial charge on any atom is -0.377 e. The third kappa shape index (κ3) is 4.35. The summed E-state index contributed by atoms with van der Waals surface area (Å²) in [4.78, 5) is 27.7. The van der Waals surface area contributed by atoms with Gasteiger partial charge in [0.05, 0.1) is 11.0 Å². The summed E-state index contributed by atoms with van der Waals surface area (Å²) in [6.45, 7) is 4.28. The van der Waals surface area contributed by atoms with Crippen molar-refractivity contribution in [3.63, 3.8) is 0 Å². The maximum absolute atomic E-state index is 13.4. The number of ether oxygens (including phenoxy) is 1. The summed E-state index contributed by atoms with van der Waals surface area (Å²) in [7, 11) is 3.44. The molecule has 0 radical (unpaired) electrons. The average molecular weight is 395 g/mol. The highest BCUT2D eigenvalue weighted by molar-refractivity contribution is 6.08. The van der Waals surface area contributed by atoms with E-state index in [9.17, 15) is 9.59 Å². The molecule has 0 aromatic heterocycles. The Hall–Kier alpha value is -2.66. The van der Waals surface area contributed by atoms with E-state index in [1.165, 1.54) is 0 Å². The van der Waals surface area contributed by atoms with Gasteiger partial charge in [0.1, 0.15) is 0 Å². The van der Waals surface area contributed by atoms with E-state index in [0.29, 0.717) is 19.4 Å². The second-order valence-electron chi connectivity index (χ2n) is 8.37. The van der Waals surface area contributed by atoms with Crippen molar-refractivity contribution in [2.45, 2.75) is 44.1 Å². The van der Waals surface area contributed by atoms with Crippen LogP contribution < -0.4 is 10.2 Å². The van der Waals surface area contributed by atoms with Gasteiger partial charge in [-0.25, -0.2) is 0 Å². The number of fused-ring (bicyclic) bond motifs is 1. The Kier molecular flexibility index (Phi) is 6.08. The monoisotopic (exact) mass is 394 g/mol. The fraction of sp³-hybridized carbons (Fsp3) is 0.417. The summed E-state index contributed by atoms with van der Waals surface area (Å²) in [5, 5.41) is 2.94. The number of likely N-dealkylation sites (N-methyl/N-ethyl adjacent to an activating group) is 1. The number of nitrogens with one attached hydrogen (secondary N) is 1. The molecule has 1 aliphatic rings. The van der Waals surface area contributed by atoms with Gasteiger partial charge in [0, 0.05) is 32.8 Å². The van der Waals surface area contributed by atoms with Crippen molar-refractivity contribution in [2.75, 3.05) is 25.6 Å². The summed E-state index contributed by atoms with van der Waals surface area (Å²) in [6.07, 6.45) is 1.31. The van der Waals surface area contributed by atoms with Crippen LogP contribution in [0, 0.1) is 0 Å². The second kappa shape index (κ2) is 8.37. The largest absolute Gasteiger partial charge is 0.377 e. The van der Waals surface area contributed by atoms with Crippen molar-refractivity contribution >= 4 is 17.5 Å². The van der Waals surface area contributed by atoms with E-state index < -0.39 is 11.0 Å². The molecule has 29 heavy (non-hydrogen) atoms. The van der Waals surface area contributed by atoms with Crippen LogP contribution in [0.5, 0.6) is 0 Å². The molecule has 5 nitrogen and oxygen atoms in total. The lowest BCUT2D eigenvalue weighted by molar-refractivity contribution is -0.125. The molecular weight excluding hydrogens is 364 g/mol. The van der Waals surface area contributed by atoms with Gasteiger partial charge < -0.3 is 15.0 Å². The van der Waals surface area contributed by atoms with Gasteiger partial charge in [-0.3, -0.25) is 9.59 Å². The summed E-state index contributed by atoms with van der Waals surface area (Å²) >= 11 is 0. The van der Waals surface area contributed by atoms with E-state index in [4.69, 9.17) is 4.74 Å². The van der Waals surface area contributed by atoms with Crippen LogP contribution in [0.1, 0.15) is 37.8 Å². The second-order valence-corrected chi connectivity index (χ2v) is 8.37. The Morgan fingerprint density at radius 2 is 1.76 bits per heavy atom. The van der Waals surface area contributed by atoms with Crippen LogP contribution in [0.4, 0.5) is 5.69 Å². The number of para-hydroxylation sites is 1. The van der Waals surface area contributed by atoms with Crippen molar-refractivity contribution in [2.24, 2.45) is 0 Å². The van der Waals surface area contributed by atoms with Crippen LogP contribution in [-0.4, -0.2) is 38.1 Å². The lowest BCUT2D eigenvalue weighted by atomic mass is 9.73. The van der Waals surface area contributed by atoms with Crippen LogP contribution in [0.2, 0.25) is 0 Å². The Bertz CT molecular complexity index is 879. The number of anilines is 1. The molecule has 0 saturated carbocycles. The zero-order valence-electron chi connectivity index (χ0n) is 17.7. The number of carbonyl (C=O) groups is 2. The number of amides is 2. The summed E-state index contributed by atoms with van der Waals surface area (Å²) in [5.74, 6) is -0.0185. The van der Waals surface area contributed by atoms with Crippen molar-refractivity contribution in [1.29, 1.82) is 0 Å². The zero-order chi connectivity index (χ0) is 21.1. The van der Waals surface area contributed by atoms with Gasteiger partial charge in [0.25, 0.3) is 0 Å². The number of methoxy groups -OCH3 is 1. The molecule has 2 aromatic rings. The molecule has 0 saturated heterocycles. The average Bonchev–Trinajstić information content (AvgIpc) is 2.94. The van der Waals surface area contributed by atoms with E-state index in [2.05, 4.69) is 5.32 Å². The maximum atomic E-state index is 13.4. The van der Waals surface area contributed by atoms with Crippen molar-refractivity contribution in [3.05, 3.63) is 65.7 Å². The number of nitrogens with zero attached hydrogens (tertiary/aromatic N) is 1. The number of rotatable bonds is 8. The fourth-order valence-corrected chi connectivity index (χ4v) is 3.96. The van der Waals surface area contributed by atoms with Gasteiger partial charge in [-0.1, -0.05) is 48.5 Å². The van der Waals surface area contributed by atoms with E-state index in [-0.39, 0.29) is 18.2 Å². The quantitative estimate of drug-likeness (QED) is 0.746. The molecule has 1 heterocycles. The molecular formula is C24H30N2O3. The standard InChI is InChI=1S/C24H30N2O3/c1-23(2,29-4)17-25-21(27)14-15-24(16-18-10-6-5-7-11-18)19-12-8-9-13-20(19)26(3)22(24)28/h5-13H,14-17H2,1-4H3,(H,25,27)/t24-/m1/s1. The van der Waals surface area contributed by atoms with Gasteiger partial charge in [-0.05, 0) is 43.9 Å². The van der Waals surface area contributed by atoms with E-state index in [0.717, 1.165) is 16.8 Å². The SMILES string of the molecule is COC(C)(C)CNC(=O)CC[C@]1(Cc2ccccc2)C(=O)N(C)c2ccccc21. The molecule has 1 aliphatic heterocycles. The van der Waals surface area contributed by atoms with Gasteiger partial charge in [0.15, 0.2) is 0 Å². The van der Waals surface area contributed by atoms with Gasteiger partial charge in [-0.15, -0.1) is 0 Å². The van der Waals surface area contributed by atoms with E-state index >= 15 is 0 Å². The van der Waals surface area contributed by atoms with E-state index in [1.807, 2.05) is 75.5 Å². The normalized spacial score (nSPS) is 18.6. The summed E-state index contributed by atoms with van der Waals surface area (Å²) < 4.78 is 5.37. The van der Waals surface area contributed by atoms with Gasteiger partial charge >= 0.3 is 0 Å². The predicted octanol–water partition coefficient (Wildman–Crippen LogP) is 3.46. The highest BCUT2D eigenvalue weighted by Crippen LogP contribution is 2.46. The summed E-state index contributed by atoms with van der Waals surface area (Å²) in [6, 6.07) is 17.9. The highest BCUT2D eigenvalue weighted by atomic mass is 16.5. The first kappa shape index (κ1) is 21.1. The summed E-state index contributed by atoms with van der Waals surface area (Å²) in [5.41, 5.74) is 1.86. The van der Waals surface area contributed by atoms with Gasteiger partial charge in [0.2, 0.25) is 11.8 Å². The van der Waals surface area contributed by atoms with E-state index in [1.54, 1.807) is 12.0 Å². The van der Waals surface area contributed by atoms with Crippen LogP contribution in [0.25, 0.3) is 0 Å². The molecule has 2 aromatic carbocycles. The van der Waals surface area contributed by atoms with Crippen molar-refractivity contribution < 1.29 is 14.3 Å². The molecule has 2 amide bonds. The molecule has 0 spiro atoms. The number of benzene rings is 2. The lowest BCUT2D eigenvalue weighted by Gasteiger charge is -2.29. The van der Waals surface area contributed by atoms with Crippen LogP contribution in [0.3, 0.4) is 0 Å². The zero-order valence-corrected chi connectivity index (χ0v) is 17.7. The molecule has 1 N–H and O–H groups in total. The third-order valence-corrected chi connectivity index (χ3v) is 5.89. The Balaban J connectivity index is 1.85. The maximum Gasteiger partial charge on any atom is 0.237 e. The van der Waals surface area contributed by atoms with Crippen molar-refractivity contribution in [1.82, 2.24) is 5.32 Å². The fourth-order valence-electron chi connectivity index (χ4n) is 3.96. The van der Waals surface area contributed by atoms with Crippen LogP contribution in [-0.2, 0) is 26.2 Å². The molecule has 0 bridgehead atoms. The number of carbonyl (C=O) groups excluding carboxylic acids is 2.